The lowest BCUT2D eigenvalue weighted by atomic mass is 10.2. The van der Waals surface area contributed by atoms with Gasteiger partial charge in [0.1, 0.15) is 6.04 Å². The van der Waals surface area contributed by atoms with E-state index in [1.807, 2.05) is 6.92 Å². The molecule has 0 radical (unpaired) electrons. The second-order valence-corrected chi connectivity index (χ2v) is 4.29. The normalized spacial score (nSPS) is 22.1. The first kappa shape index (κ1) is 17.6. The highest BCUT2D eigenvalue weighted by Crippen LogP contribution is 2.08. The monoisotopic (exact) mass is 282 g/mol. The van der Waals surface area contributed by atoms with Gasteiger partial charge in [-0.15, -0.1) is 12.4 Å². The maximum absolute atomic E-state index is 11.5. The zero-order valence-electron chi connectivity index (χ0n) is 10.9. The minimum atomic E-state index is -0.628. The second-order valence-electron chi connectivity index (χ2n) is 4.29. The molecule has 0 saturated carbocycles. The molecule has 1 aliphatic heterocycles. The molecule has 1 saturated heterocycles. The zero-order valence-corrected chi connectivity index (χ0v) is 11.7. The number of methoxy groups -OCH3 is 1. The van der Waals surface area contributed by atoms with Crippen LogP contribution in [-0.4, -0.2) is 57.6 Å². The van der Waals surface area contributed by atoms with Gasteiger partial charge >= 0.3 is 0 Å². The van der Waals surface area contributed by atoms with Gasteiger partial charge in [-0.3, -0.25) is 4.79 Å². The summed E-state index contributed by atoms with van der Waals surface area (Å²) >= 11 is 0. The summed E-state index contributed by atoms with van der Waals surface area (Å²) in [5.41, 5.74) is 5.60. The first-order valence-corrected chi connectivity index (χ1v) is 5.87. The van der Waals surface area contributed by atoms with Gasteiger partial charge in [0.15, 0.2) is 0 Å². The van der Waals surface area contributed by atoms with Crippen molar-refractivity contribution in [2.24, 2.45) is 5.73 Å². The number of ether oxygens (including phenoxy) is 3. The predicted molar refractivity (Wildman–Crippen MR) is 69.9 cm³/mol. The predicted octanol–water partition coefficient (Wildman–Crippen LogP) is -0.308. The van der Waals surface area contributed by atoms with Crippen molar-refractivity contribution in [2.75, 3.05) is 33.5 Å². The molecule has 7 heteroatoms. The third-order valence-corrected chi connectivity index (χ3v) is 2.54. The van der Waals surface area contributed by atoms with Crippen LogP contribution in [0.4, 0.5) is 0 Å². The van der Waals surface area contributed by atoms with Gasteiger partial charge in [-0.25, -0.2) is 0 Å². The Morgan fingerprint density at radius 1 is 1.56 bits per heavy atom. The first-order valence-electron chi connectivity index (χ1n) is 5.87. The zero-order chi connectivity index (χ0) is 12.7. The summed E-state index contributed by atoms with van der Waals surface area (Å²) in [6.45, 7) is 3.97. The van der Waals surface area contributed by atoms with Gasteiger partial charge in [0.05, 0.1) is 25.9 Å². The lowest BCUT2D eigenvalue weighted by Crippen LogP contribution is -2.48. The number of nitrogens with two attached hydrogens (primary N) is 1. The fourth-order valence-corrected chi connectivity index (χ4v) is 1.57. The Morgan fingerprint density at radius 2 is 2.28 bits per heavy atom. The molecule has 0 bridgehead atoms. The fraction of sp³-hybridized carbons (Fsp3) is 0.909. The summed E-state index contributed by atoms with van der Waals surface area (Å²) in [5.74, 6) is -0.217. The van der Waals surface area contributed by atoms with Crippen LogP contribution >= 0.6 is 12.4 Å². The van der Waals surface area contributed by atoms with E-state index in [2.05, 4.69) is 5.32 Å². The highest BCUT2D eigenvalue weighted by molar-refractivity contribution is 5.85. The van der Waals surface area contributed by atoms with Gasteiger partial charge in [0, 0.05) is 19.8 Å². The Labute approximate surface area is 114 Å². The van der Waals surface area contributed by atoms with Crippen molar-refractivity contribution in [1.82, 2.24) is 5.32 Å². The summed E-state index contributed by atoms with van der Waals surface area (Å²) in [7, 11) is 1.51. The summed E-state index contributed by atoms with van der Waals surface area (Å²) in [4.78, 5) is 11.5. The lowest BCUT2D eigenvalue weighted by molar-refractivity contribution is -0.124. The molecule has 0 aliphatic carbocycles. The van der Waals surface area contributed by atoms with Crippen molar-refractivity contribution in [3.05, 3.63) is 0 Å². The topological polar surface area (TPSA) is 82.8 Å². The number of halogens is 1. The minimum absolute atomic E-state index is 0. The molecule has 1 aliphatic rings. The van der Waals surface area contributed by atoms with E-state index < -0.39 is 6.04 Å². The van der Waals surface area contributed by atoms with Crippen LogP contribution < -0.4 is 11.1 Å². The Kier molecular flexibility index (Phi) is 9.31. The molecule has 0 aromatic heterocycles. The van der Waals surface area contributed by atoms with Crippen LogP contribution in [-0.2, 0) is 19.0 Å². The van der Waals surface area contributed by atoms with E-state index in [1.165, 1.54) is 7.11 Å². The van der Waals surface area contributed by atoms with Gasteiger partial charge in [-0.1, -0.05) is 0 Å². The summed E-state index contributed by atoms with van der Waals surface area (Å²) in [6.07, 6.45) is 1.08. The number of nitrogens with one attached hydrogen (secondary N) is 1. The Bertz CT molecular complexity index is 237. The average Bonchev–Trinajstić information content (AvgIpc) is 2.79. The maximum Gasteiger partial charge on any atom is 0.239 e. The minimum Gasteiger partial charge on any atom is -0.383 e. The average molecular weight is 283 g/mol. The number of carbonyl (C=O) groups is 1. The van der Waals surface area contributed by atoms with Gasteiger partial charge in [-0.05, 0) is 13.3 Å². The van der Waals surface area contributed by atoms with Crippen LogP contribution in [0.3, 0.4) is 0 Å². The van der Waals surface area contributed by atoms with E-state index in [-0.39, 0.29) is 37.1 Å². The molecule has 1 fully saturated rings. The van der Waals surface area contributed by atoms with E-state index in [4.69, 9.17) is 19.9 Å². The van der Waals surface area contributed by atoms with Crippen LogP contribution in [0.1, 0.15) is 13.3 Å². The molecule has 0 aromatic rings. The first-order chi connectivity index (χ1) is 8.13. The molecular formula is C11H23ClN2O4. The quantitative estimate of drug-likeness (QED) is 0.669. The molecule has 18 heavy (non-hydrogen) atoms. The number of amides is 1. The van der Waals surface area contributed by atoms with Gasteiger partial charge < -0.3 is 25.3 Å². The van der Waals surface area contributed by atoms with E-state index in [0.717, 1.165) is 13.0 Å². The third-order valence-electron chi connectivity index (χ3n) is 2.54. The van der Waals surface area contributed by atoms with Crippen LogP contribution in [0.2, 0.25) is 0 Å². The van der Waals surface area contributed by atoms with Gasteiger partial charge in [0.2, 0.25) is 5.91 Å². The number of carbonyl (C=O) groups excluding carboxylic acids is 1. The van der Waals surface area contributed by atoms with E-state index in [9.17, 15) is 4.79 Å². The van der Waals surface area contributed by atoms with Crippen LogP contribution in [0.25, 0.3) is 0 Å². The van der Waals surface area contributed by atoms with Crippen LogP contribution in [0, 0.1) is 0 Å². The van der Waals surface area contributed by atoms with Crippen molar-refractivity contribution < 1.29 is 19.0 Å². The summed E-state index contributed by atoms with van der Waals surface area (Å²) in [5, 5.41) is 2.78. The second kappa shape index (κ2) is 9.52. The lowest BCUT2D eigenvalue weighted by Gasteiger charge is -2.19. The molecule has 0 aromatic carbocycles. The van der Waals surface area contributed by atoms with E-state index in [1.54, 1.807) is 0 Å². The molecular weight excluding hydrogens is 260 g/mol. The van der Waals surface area contributed by atoms with Crippen LogP contribution in [0.15, 0.2) is 0 Å². The molecule has 1 amide bonds. The van der Waals surface area contributed by atoms with Crippen LogP contribution in [0.5, 0.6) is 0 Å². The van der Waals surface area contributed by atoms with E-state index >= 15 is 0 Å². The van der Waals surface area contributed by atoms with Crippen molar-refractivity contribution in [3.8, 4) is 0 Å². The van der Waals surface area contributed by atoms with Crippen molar-refractivity contribution >= 4 is 18.3 Å². The largest absolute Gasteiger partial charge is 0.383 e. The maximum atomic E-state index is 11.5. The van der Waals surface area contributed by atoms with Crippen molar-refractivity contribution in [3.63, 3.8) is 0 Å². The molecule has 3 atom stereocenters. The van der Waals surface area contributed by atoms with E-state index in [0.29, 0.717) is 13.2 Å². The Balaban J connectivity index is 0.00000289. The highest BCUT2D eigenvalue weighted by Gasteiger charge is 2.19. The smallest absolute Gasteiger partial charge is 0.239 e. The van der Waals surface area contributed by atoms with Crippen molar-refractivity contribution in [1.29, 1.82) is 0 Å². The molecule has 3 unspecified atom stereocenters. The summed E-state index contributed by atoms with van der Waals surface area (Å²) < 4.78 is 15.6. The Hall–Kier alpha value is -0.400. The summed E-state index contributed by atoms with van der Waals surface area (Å²) in [6, 6.07) is -0.691. The highest BCUT2D eigenvalue weighted by atomic mass is 35.5. The molecule has 3 N–H and O–H groups in total. The number of rotatable bonds is 7. The number of hydrogen-bond donors (Lipinski definition) is 2. The third kappa shape index (κ3) is 6.51. The fourth-order valence-electron chi connectivity index (χ4n) is 1.57. The number of hydrogen-bond acceptors (Lipinski definition) is 5. The standard InChI is InChI=1S/C11H22N2O4.ClH/c1-8(5-17-9-3-4-16-6-9)13-11(14)10(12)7-15-2;/h8-10H,3-7,12H2,1-2H3,(H,13,14);1H. The molecule has 1 heterocycles. The molecule has 108 valence electrons. The van der Waals surface area contributed by atoms with Gasteiger partial charge in [0.25, 0.3) is 0 Å². The molecule has 0 spiro atoms. The van der Waals surface area contributed by atoms with Gasteiger partial charge in [-0.2, -0.15) is 0 Å². The van der Waals surface area contributed by atoms with Crippen molar-refractivity contribution in [2.45, 2.75) is 31.5 Å². The molecule has 6 nitrogen and oxygen atoms in total. The Morgan fingerprint density at radius 3 is 2.83 bits per heavy atom. The molecule has 1 rings (SSSR count). The SMILES string of the molecule is COCC(N)C(=O)NC(C)COC1CCOC1.Cl.